The van der Waals surface area contributed by atoms with Crippen molar-refractivity contribution < 1.29 is 27.5 Å². The zero-order chi connectivity index (χ0) is 31.1. The number of rotatable bonds is 12. The van der Waals surface area contributed by atoms with Crippen LogP contribution in [0, 0.1) is 0 Å². The predicted octanol–water partition coefficient (Wildman–Crippen LogP) is 5.27. The van der Waals surface area contributed by atoms with E-state index in [1.165, 1.54) is 43.4 Å². The molecule has 0 unspecified atom stereocenters. The Kier molecular flexibility index (Phi) is 10.9. The smallest absolute Gasteiger partial charge is 0.264 e. The Morgan fingerprint density at radius 2 is 1.55 bits per heavy atom. The quantitative estimate of drug-likeness (QED) is 0.297. The number of anilines is 1. The number of ether oxygens (including phenoxy) is 2. The van der Waals surface area contributed by atoms with Crippen LogP contribution in [0.4, 0.5) is 5.69 Å². The molecule has 0 aliphatic carbocycles. The van der Waals surface area contributed by atoms with E-state index in [1.54, 1.807) is 55.5 Å². The summed E-state index contributed by atoms with van der Waals surface area (Å²) in [6, 6.07) is 18.6. The lowest BCUT2D eigenvalue weighted by Crippen LogP contribution is -2.55. The van der Waals surface area contributed by atoms with Crippen LogP contribution in [0.15, 0.2) is 77.7 Å². The Morgan fingerprint density at radius 1 is 0.929 bits per heavy atom. The lowest BCUT2D eigenvalue weighted by molar-refractivity contribution is -0.141. The molecule has 3 aromatic rings. The Hall–Kier alpha value is -3.76. The molecule has 2 amide bonds. The molecule has 0 aliphatic rings. The number of methoxy groups -OCH3 is 2. The van der Waals surface area contributed by atoms with E-state index in [-0.39, 0.29) is 23.0 Å². The summed E-state index contributed by atoms with van der Waals surface area (Å²) in [5.41, 5.74) is 0.263. The zero-order valence-corrected chi connectivity index (χ0v) is 26.3. The summed E-state index contributed by atoms with van der Waals surface area (Å²) in [7, 11) is -1.32. The molecule has 3 aromatic carbocycles. The SMILES string of the molecule is CC[C@@H](C(=O)NC(C)(C)C)N(Cc1ccccc1Cl)C(=O)CN(c1ccc(OC)c(OC)c1)S(=O)(=O)c1ccccc1. The Balaban J connectivity index is 2.13. The van der Waals surface area contributed by atoms with Crippen molar-refractivity contribution in [2.24, 2.45) is 0 Å². The predicted molar refractivity (Wildman–Crippen MR) is 164 cm³/mol. The minimum absolute atomic E-state index is 0.000263. The van der Waals surface area contributed by atoms with E-state index in [9.17, 15) is 18.0 Å². The third-order valence-electron chi connectivity index (χ3n) is 6.45. The minimum atomic E-state index is -4.23. The molecule has 9 nitrogen and oxygen atoms in total. The molecule has 0 bridgehead atoms. The van der Waals surface area contributed by atoms with E-state index in [2.05, 4.69) is 5.32 Å². The van der Waals surface area contributed by atoms with E-state index in [0.29, 0.717) is 28.5 Å². The summed E-state index contributed by atoms with van der Waals surface area (Å²) < 4.78 is 39.8. The molecular formula is C31H38ClN3O6S. The standard InChI is InChI=1S/C31H38ClN3O6S/c1-7-26(30(37)33-31(2,3)4)34(20-22-13-11-12-16-25(22)32)29(36)21-35(42(38,39)24-14-9-8-10-15-24)23-17-18-27(40-5)28(19-23)41-6/h8-19,26H,7,20-21H2,1-6H3,(H,33,37)/t26-/m0/s1. The molecule has 0 saturated heterocycles. The number of hydrogen-bond acceptors (Lipinski definition) is 6. The topological polar surface area (TPSA) is 105 Å². The van der Waals surface area contributed by atoms with Crippen LogP contribution in [-0.2, 0) is 26.2 Å². The molecule has 1 N–H and O–H groups in total. The number of hydrogen-bond donors (Lipinski definition) is 1. The lowest BCUT2D eigenvalue weighted by Gasteiger charge is -2.35. The normalized spacial score (nSPS) is 12.3. The van der Waals surface area contributed by atoms with Crippen LogP contribution in [0.1, 0.15) is 39.7 Å². The van der Waals surface area contributed by atoms with E-state index >= 15 is 0 Å². The number of halogens is 1. The molecule has 42 heavy (non-hydrogen) atoms. The van der Waals surface area contributed by atoms with Crippen LogP contribution in [0.25, 0.3) is 0 Å². The molecule has 11 heteroatoms. The summed E-state index contributed by atoms with van der Waals surface area (Å²) in [5.74, 6) is -0.247. The maximum atomic E-state index is 14.2. The first kappa shape index (κ1) is 32.8. The van der Waals surface area contributed by atoms with Gasteiger partial charge in [0.15, 0.2) is 11.5 Å². The third kappa shape index (κ3) is 7.95. The fourth-order valence-corrected chi connectivity index (χ4v) is 6.03. The molecule has 0 fully saturated rings. The molecule has 0 spiro atoms. The Morgan fingerprint density at radius 3 is 2.12 bits per heavy atom. The van der Waals surface area contributed by atoms with Crippen molar-refractivity contribution in [3.05, 3.63) is 83.4 Å². The maximum absolute atomic E-state index is 14.2. The monoisotopic (exact) mass is 615 g/mol. The second kappa shape index (κ2) is 13.9. The number of carbonyl (C=O) groups is 2. The summed E-state index contributed by atoms with van der Waals surface area (Å²) in [6.45, 7) is 6.76. The lowest BCUT2D eigenvalue weighted by atomic mass is 10.1. The van der Waals surface area contributed by atoms with Crippen molar-refractivity contribution in [2.45, 2.75) is 57.1 Å². The van der Waals surface area contributed by atoms with Gasteiger partial charge in [-0.1, -0.05) is 54.9 Å². The van der Waals surface area contributed by atoms with E-state index < -0.39 is 34.1 Å². The van der Waals surface area contributed by atoms with Crippen LogP contribution in [0.3, 0.4) is 0 Å². The second-order valence-corrected chi connectivity index (χ2v) is 12.9. The summed E-state index contributed by atoms with van der Waals surface area (Å²) in [5, 5.41) is 3.37. The molecule has 3 rings (SSSR count). The first-order valence-corrected chi connectivity index (χ1v) is 15.3. The molecular weight excluding hydrogens is 578 g/mol. The highest BCUT2D eigenvalue weighted by Gasteiger charge is 2.35. The Bertz CT molecular complexity index is 1490. The molecule has 0 radical (unpaired) electrons. The van der Waals surface area contributed by atoms with Gasteiger partial charge in [-0.15, -0.1) is 0 Å². The van der Waals surface area contributed by atoms with Gasteiger partial charge in [-0.3, -0.25) is 13.9 Å². The van der Waals surface area contributed by atoms with Crippen molar-refractivity contribution in [3.8, 4) is 11.5 Å². The number of amides is 2. The van der Waals surface area contributed by atoms with Crippen LogP contribution < -0.4 is 19.1 Å². The number of benzene rings is 3. The third-order valence-corrected chi connectivity index (χ3v) is 8.60. The van der Waals surface area contributed by atoms with Gasteiger partial charge in [-0.25, -0.2) is 8.42 Å². The van der Waals surface area contributed by atoms with Gasteiger partial charge in [0.25, 0.3) is 10.0 Å². The highest BCUT2D eigenvalue weighted by Crippen LogP contribution is 2.34. The Labute approximate surface area is 253 Å². The molecule has 0 heterocycles. The second-order valence-electron chi connectivity index (χ2n) is 10.6. The van der Waals surface area contributed by atoms with Crippen LogP contribution in [0.2, 0.25) is 5.02 Å². The van der Waals surface area contributed by atoms with Gasteiger partial charge in [0.1, 0.15) is 12.6 Å². The average Bonchev–Trinajstić information content (AvgIpc) is 2.95. The van der Waals surface area contributed by atoms with Crippen LogP contribution in [0.5, 0.6) is 11.5 Å². The van der Waals surface area contributed by atoms with Crippen LogP contribution >= 0.6 is 11.6 Å². The molecule has 0 aromatic heterocycles. The maximum Gasteiger partial charge on any atom is 0.264 e. The van der Waals surface area contributed by atoms with Gasteiger partial charge in [0.2, 0.25) is 11.8 Å². The van der Waals surface area contributed by atoms with Crippen molar-refractivity contribution in [1.82, 2.24) is 10.2 Å². The molecule has 1 atom stereocenters. The van der Waals surface area contributed by atoms with E-state index in [1.807, 2.05) is 20.8 Å². The van der Waals surface area contributed by atoms with Gasteiger partial charge in [-0.2, -0.15) is 0 Å². The molecule has 0 aliphatic heterocycles. The van der Waals surface area contributed by atoms with Gasteiger partial charge in [-0.05, 0) is 63.1 Å². The molecule has 0 saturated carbocycles. The van der Waals surface area contributed by atoms with Gasteiger partial charge in [0.05, 0.1) is 24.8 Å². The van der Waals surface area contributed by atoms with Crippen LogP contribution in [-0.4, -0.2) is 57.5 Å². The zero-order valence-electron chi connectivity index (χ0n) is 24.8. The summed E-state index contributed by atoms with van der Waals surface area (Å²) in [4.78, 5) is 29.0. The fourth-order valence-electron chi connectivity index (χ4n) is 4.41. The number of sulfonamides is 1. The first-order valence-electron chi connectivity index (χ1n) is 13.5. The average molecular weight is 616 g/mol. The minimum Gasteiger partial charge on any atom is -0.493 e. The summed E-state index contributed by atoms with van der Waals surface area (Å²) >= 11 is 6.45. The van der Waals surface area contributed by atoms with Crippen molar-refractivity contribution >= 4 is 39.1 Å². The fraction of sp³-hybridized carbons (Fsp3) is 0.355. The highest BCUT2D eigenvalue weighted by molar-refractivity contribution is 7.92. The summed E-state index contributed by atoms with van der Waals surface area (Å²) in [6.07, 6.45) is 0.292. The number of nitrogens with one attached hydrogen (secondary N) is 1. The van der Waals surface area contributed by atoms with E-state index in [4.69, 9.17) is 21.1 Å². The van der Waals surface area contributed by atoms with E-state index in [0.717, 1.165) is 4.31 Å². The van der Waals surface area contributed by atoms with Crippen molar-refractivity contribution in [3.63, 3.8) is 0 Å². The largest absolute Gasteiger partial charge is 0.493 e. The van der Waals surface area contributed by atoms with Crippen molar-refractivity contribution in [1.29, 1.82) is 0 Å². The van der Waals surface area contributed by atoms with Crippen molar-refractivity contribution in [2.75, 3.05) is 25.1 Å². The van der Waals surface area contributed by atoms with Gasteiger partial charge in [0, 0.05) is 23.2 Å². The highest BCUT2D eigenvalue weighted by atomic mass is 35.5. The molecule has 226 valence electrons. The number of carbonyl (C=O) groups excluding carboxylic acids is 2. The number of nitrogens with zero attached hydrogens (tertiary/aromatic N) is 2. The first-order chi connectivity index (χ1) is 19.8. The van der Waals surface area contributed by atoms with Gasteiger partial charge < -0.3 is 19.7 Å². The van der Waals surface area contributed by atoms with Gasteiger partial charge >= 0.3 is 0 Å².